The summed E-state index contributed by atoms with van der Waals surface area (Å²) in [6, 6.07) is 45.6. The molecule has 2 unspecified atom stereocenters. The van der Waals surface area contributed by atoms with E-state index in [0.717, 1.165) is 34.3 Å². The van der Waals surface area contributed by atoms with E-state index in [9.17, 15) is 22.8 Å². The van der Waals surface area contributed by atoms with Crippen molar-refractivity contribution >= 4 is 67.9 Å². The van der Waals surface area contributed by atoms with Crippen LogP contribution in [0.2, 0.25) is 0 Å². The molecular weight excluding hydrogens is 927 g/mol. The normalized spacial score (nSPS) is 16.3. The zero-order valence-corrected chi connectivity index (χ0v) is 39.5. The van der Waals surface area contributed by atoms with Gasteiger partial charge in [-0.1, -0.05) is 157 Å². The van der Waals surface area contributed by atoms with Gasteiger partial charge in [0, 0.05) is 22.1 Å². The number of oxime groups is 1. The number of carbonyl (C=O) groups is 4. The summed E-state index contributed by atoms with van der Waals surface area (Å²) in [5.41, 5.74) is -0.0856. The second-order valence-corrected chi connectivity index (χ2v) is 20.2. The summed E-state index contributed by atoms with van der Waals surface area (Å²) in [6.07, 6.45) is -1.05. The van der Waals surface area contributed by atoms with E-state index in [4.69, 9.17) is 18.5 Å². The van der Waals surface area contributed by atoms with E-state index in [1.807, 2.05) is 91.0 Å². The molecule has 2 N–H and O–H groups in total. The van der Waals surface area contributed by atoms with Gasteiger partial charge in [-0.25, -0.2) is 14.6 Å². The standard InChI is InChI=1S/C50H45N5O10S3/c1-49(2,3)63-48(59)53-47-51-37(31-66-47)40(54-65-50(34-24-14-7-15-25-34,35-26-16-8-17-27-35)36-28-18-9-19-29-36)44(57)52-45-43(64-68(4,60)61)41(55-38(56)30-39(55)67-45)46(58)62-42(32-20-10-5-11-21-32)33-22-12-6-13-23-33/h5-29,31,39,42,45H,30H2,1-4H3,(H,52,57)(H,51,53,59)/b54-40-. The van der Waals surface area contributed by atoms with Gasteiger partial charge >= 0.3 is 22.2 Å². The van der Waals surface area contributed by atoms with Crippen molar-refractivity contribution in [2.45, 2.75) is 55.2 Å². The summed E-state index contributed by atoms with van der Waals surface area (Å²) in [4.78, 5) is 68.2. The fourth-order valence-electron chi connectivity index (χ4n) is 7.53. The van der Waals surface area contributed by atoms with Crippen molar-refractivity contribution in [2.24, 2.45) is 5.16 Å². The van der Waals surface area contributed by atoms with E-state index >= 15 is 4.79 Å². The molecule has 3 heterocycles. The van der Waals surface area contributed by atoms with Crippen molar-refractivity contribution < 1.29 is 46.1 Å². The molecule has 348 valence electrons. The molecule has 0 aliphatic carbocycles. The minimum absolute atomic E-state index is 0.0503. The zero-order chi connectivity index (χ0) is 48.1. The maximum atomic E-state index is 15.1. The van der Waals surface area contributed by atoms with Crippen LogP contribution in [0, 0.1) is 0 Å². The maximum Gasteiger partial charge on any atom is 0.413 e. The molecule has 68 heavy (non-hydrogen) atoms. The lowest BCUT2D eigenvalue weighted by molar-refractivity contribution is -0.152. The molecular formula is C50H45N5O10S3. The van der Waals surface area contributed by atoms with E-state index < -0.39 is 79.2 Å². The lowest BCUT2D eigenvalue weighted by atomic mass is 9.80. The van der Waals surface area contributed by atoms with Gasteiger partial charge in [0.2, 0.25) is 11.5 Å². The van der Waals surface area contributed by atoms with E-state index in [1.54, 1.807) is 81.4 Å². The number of hydrogen-bond donors (Lipinski definition) is 2. The number of aromatic nitrogens is 1. The van der Waals surface area contributed by atoms with E-state index in [2.05, 4.69) is 20.8 Å². The fraction of sp³-hybridized carbons (Fsp3) is 0.200. The Morgan fingerprint density at radius 3 is 1.75 bits per heavy atom. The van der Waals surface area contributed by atoms with Crippen molar-refractivity contribution in [1.82, 2.24) is 15.2 Å². The van der Waals surface area contributed by atoms with Gasteiger partial charge in [-0.05, 0) is 31.9 Å². The average molecular weight is 972 g/mol. The van der Waals surface area contributed by atoms with Gasteiger partial charge in [-0.2, -0.15) is 8.42 Å². The third-order valence-electron chi connectivity index (χ3n) is 10.4. The Kier molecular flexibility index (Phi) is 13.8. The lowest BCUT2D eigenvalue weighted by Crippen LogP contribution is -2.58. The summed E-state index contributed by atoms with van der Waals surface area (Å²) in [7, 11) is -4.43. The highest BCUT2D eigenvalue weighted by Crippen LogP contribution is 2.45. The molecule has 1 fully saturated rings. The molecule has 18 heteroatoms. The molecule has 1 saturated heterocycles. The number of thioether (sulfide) groups is 1. The van der Waals surface area contributed by atoms with Gasteiger partial charge in [0.25, 0.3) is 5.91 Å². The topological polar surface area (TPSA) is 192 Å². The van der Waals surface area contributed by atoms with Crippen LogP contribution in [0.25, 0.3) is 0 Å². The van der Waals surface area contributed by atoms with Crippen molar-refractivity contribution in [1.29, 1.82) is 0 Å². The summed E-state index contributed by atoms with van der Waals surface area (Å²) in [5, 5.41) is 9.36. The third-order valence-corrected chi connectivity index (χ3v) is 13.0. The molecule has 2 atom stereocenters. The molecule has 2 aliphatic heterocycles. The van der Waals surface area contributed by atoms with Crippen LogP contribution in [0.1, 0.15) is 66.8 Å². The van der Waals surface area contributed by atoms with Gasteiger partial charge in [0.05, 0.1) is 18.1 Å². The van der Waals surface area contributed by atoms with E-state index in [0.29, 0.717) is 27.8 Å². The summed E-state index contributed by atoms with van der Waals surface area (Å²) in [6.45, 7) is 5.12. The van der Waals surface area contributed by atoms with Gasteiger partial charge in [-0.3, -0.25) is 19.8 Å². The minimum atomic E-state index is -4.43. The van der Waals surface area contributed by atoms with Gasteiger partial charge in [0.1, 0.15) is 16.7 Å². The number of hydrogen-bond acceptors (Lipinski definition) is 14. The number of β-lactam (4-membered cyclic amide) rings is 1. The summed E-state index contributed by atoms with van der Waals surface area (Å²) >= 11 is 1.95. The first kappa shape index (κ1) is 47.2. The number of fused-ring (bicyclic) bond motifs is 1. The highest BCUT2D eigenvalue weighted by molar-refractivity contribution is 8.00. The minimum Gasteiger partial charge on any atom is -0.448 e. The Labute approximate surface area is 401 Å². The Balaban J connectivity index is 1.23. The molecule has 5 aromatic carbocycles. The maximum absolute atomic E-state index is 15.1. The van der Waals surface area contributed by atoms with Crippen molar-refractivity contribution in [3.63, 3.8) is 0 Å². The molecule has 0 bridgehead atoms. The van der Waals surface area contributed by atoms with Crippen molar-refractivity contribution in [2.75, 3.05) is 11.6 Å². The number of amides is 3. The number of ether oxygens (including phenoxy) is 2. The predicted molar refractivity (Wildman–Crippen MR) is 257 cm³/mol. The zero-order valence-electron chi connectivity index (χ0n) is 37.1. The first-order valence-corrected chi connectivity index (χ1v) is 24.8. The molecule has 2 aliphatic rings. The quantitative estimate of drug-likeness (QED) is 0.0250. The highest BCUT2D eigenvalue weighted by Gasteiger charge is 2.52. The molecule has 1 aromatic heterocycles. The number of thiazole rings is 1. The molecule has 0 spiro atoms. The first-order valence-electron chi connectivity index (χ1n) is 21.2. The molecule has 8 rings (SSSR count). The largest absolute Gasteiger partial charge is 0.448 e. The molecule has 0 radical (unpaired) electrons. The van der Waals surface area contributed by atoms with Gasteiger partial charge < -0.3 is 23.8 Å². The monoisotopic (exact) mass is 971 g/mol. The predicted octanol–water partition coefficient (Wildman–Crippen LogP) is 8.47. The second-order valence-electron chi connectivity index (χ2n) is 16.5. The van der Waals surface area contributed by atoms with E-state index in [-0.39, 0.29) is 17.2 Å². The average Bonchev–Trinajstić information content (AvgIpc) is 3.77. The highest BCUT2D eigenvalue weighted by atomic mass is 32.2. The summed E-state index contributed by atoms with van der Waals surface area (Å²) < 4.78 is 43.3. The lowest BCUT2D eigenvalue weighted by Gasteiger charge is -2.46. The Morgan fingerprint density at radius 2 is 1.28 bits per heavy atom. The van der Waals surface area contributed by atoms with E-state index in [1.165, 1.54) is 5.38 Å². The van der Waals surface area contributed by atoms with Crippen LogP contribution in [-0.2, 0) is 48.6 Å². The Morgan fingerprint density at radius 1 is 0.779 bits per heavy atom. The van der Waals surface area contributed by atoms with Crippen LogP contribution < -0.4 is 10.6 Å². The van der Waals surface area contributed by atoms with Crippen LogP contribution in [0.15, 0.2) is 174 Å². The summed E-state index contributed by atoms with van der Waals surface area (Å²) in [5.74, 6) is -3.09. The first-order chi connectivity index (χ1) is 32.6. The Bertz CT molecular complexity index is 2830. The third kappa shape index (κ3) is 10.6. The van der Waals surface area contributed by atoms with Gasteiger partial charge in [0.15, 0.2) is 28.4 Å². The molecule has 3 amide bonds. The van der Waals surface area contributed by atoms with Gasteiger partial charge in [-0.15, -0.1) is 23.1 Å². The number of nitrogens with zero attached hydrogens (tertiary/aromatic N) is 3. The number of esters is 1. The Hall–Kier alpha value is -7.28. The molecule has 0 saturated carbocycles. The van der Waals surface area contributed by atoms with Crippen LogP contribution in [0.5, 0.6) is 0 Å². The van der Waals surface area contributed by atoms with Crippen LogP contribution in [0.3, 0.4) is 0 Å². The number of carbonyl (C=O) groups excluding carboxylic acids is 4. The number of benzene rings is 5. The number of rotatable bonds is 15. The SMILES string of the molecule is CC(C)(C)OC(=O)Nc1nc(/C(=N/OC(c2ccccc2)(c2ccccc2)c2ccccc2)C(=O)NC2SC3CC(=O)N3C(C(=O)OC(c3ccccc3)c3ccccc3)=C2OS(C)(=O)=O)cs1. The van der Waals surface area contributed by atoms with Crippen LogP contribution in [0.4, 0.5) is 9.93 Å². The smallest absolute Gasteiger partial charge is 0.413 e. The van der Waals surface area contributed by atoms with Crippen LogP contribution >= 0.6 is 23.1 Å². The van der Waals surface area contributed by atoms with Crippen LogP contribution in [-0.4, -0.2) is 70.5 Å². The second kappa shape index (κ2) is 19.9. The fourth-order valence-corrected chi connectivity index (χ4v) is 10.1. The molecule has 6 aromatic rings. The number of nitrogens with one attached hydrogen (secondary N) is 2. The molecule has 15 nitrogen and oxygen atoms in total. The van der Waals surface area contributed by atoms with Crippen molar-refractivity contribution in [3.05, 3.63) is 202 Å². The number of anilines is 1. The van der Waals surface area contributed by atoms with Crippen molar-refractivity contribution in [3.8, 4) is 0 Å².